The number of amides is 1. The highest BCUT2D eigenvalue weighted by molar-refractivity contribution is 5.93. The summed E-state index contributed by atoms with van der Waals surface area (Å²) in [6, 6.07) is 12.6. The maximum absolute atomic E-state index is 12.4. The quantitative estimate of drug-likeness (QED) is 0.921. The normalized spacial score (nSPS) is 15.0. The van der Waals surface area contributed by atoms with Gasteiger partial charge in [0.15, 0.2) is 0 Å². The van der Waals surface area contributed by atoms with Crippen molar-refractivity contribution < 1.29 is 4.79 Å². The van der Waals surface area contributed by atoms with Crippen molar-refractivity contribution in [2.24, 2.45) is 0 Å². The Morgan fingerprint density at radius 1 is 1.08 bits per heavy atom. The molecule has 1 amide bonds. The number of carbonyl (C=O) groups is 1. The minimum Gasteiger partial charge on any atom is -0.336 e. The highest BCUT2D eigenvalue weighted by atomic mass is 16.2. The molecule has 1 N–H and O–H groups in total. The Hall–Kier alpha value is -2.91. The minimum atomic E-state index is -0.209. The van der Waals surface area contributed by atoms with E-state index in [9.17, 15) is 9.59 Å². The molecule has 1 aromatic heterocycles. The third-order valence-electron chi connectivity index (χ3n) is 4.18. The molecular weight excluding hydrogens is 304 g/mol. The first-order chi connectivity index (χ1) is 11.7. The summed E-state index contributed by atoms with van der Waals surface area (Å²) in [4.78, 5) is 30.1. The smallest absolute Gasteiger partial charge is 0.255 e. The second-order valence-electron chi connectivity index (χ2n) is 5.82. The average molecular weight is 322 g/mol. The van der Waals surface area contributed by atoms with Crippen LogP contribution in [0.2, 0.25) is 0 Å². The molecule has 0 spiro atoms. The van der Waals surface area contributed by atoms with E-state index in [-0.39, 0.29) is 11.5 Å². The molecule has 2 heterocycles. The first-order valence-electron chi connectivity index (χ1n) is 7.85. The van der Waals surface area contributed by atoms with Gasteiger partial charge in [-0.05, 0) is 23.8 Å². The molecule has 1 aromatic carbocycles. The van der Waals surface area contributed by atoms with Gasteiger partial charge < -0.3 is 9.88 Å². The predicted molar refractivity (Wildman–Crippen MR) is 89.4 cm³/mol. The number of piperazine rings is 1. The topological polar surface area (TPSA) is 80.2 Å². The summed E-state index contributed by atoms with van der Waals surface area (Å²) >= 11 is 0. The fraction of sp³-hybridized carbons (Fsp3) is 0.278. The maximum atomic E-state index is 12.4. The first kappa shape index (κ1) is 16.0. The number of aromatic amines is 1. The van der Waals surface area contributed by atoms with Gasteiger partial charge in [-0.1, -0.05) is 12.1 Å². The number of rotatable bonds is 3. The Labute approximate surface area is 139 Å². The van der Waals surface area contributed by atoms with Crippen molar-refractivity contribution in [1.82, 2.24) is 14.8 Å². The monoisotopic (exact) mass is 322 g/mol. The summed E-state index contributed by atoms with van der Waals surface area (Å²) in [7, 11) is 0. The molecule has 1 saturated heterocycles. The van der Waals surface area contributed by atoms with Crippen molar-refractivity contribution in [3.05, 3.63) is 69.6 Å². The zero-order chi connectivity index (χ0) is 16.9. The Morgan fingerprint density at radius 2 is 1.79 bits per heavy atom. The van der Waals surface area contributed by atoms with Gasteiger partial charge in [0.1, 0.15) is 0 Å². The number of benzene rings is 1. The van der Waals surface area contributed by atoms with E-state index >= 15 is 0 Å². The Kier molecular flexibility index (Phi) is 4.73. The van der Waals surface area contributed by atoms with Gasteiger partial charge in [-0.3, -0.25) is 14.5 Å². The van der Waals surface area contributed by atoms with E-state index in [1.54, 1.807) is 6.07 Å². The number of aromatic nitrogens is 1. The summed E-state index contributed by atoms with van der Waals surface area (Å²) in [5.41, 5.74) is 2.12. The Bertz CT molecular complexity index is 792. The molecule has 1 aliphatic heterocycles. The Morgan fingerprint density at radius 3 is 2.38 bits per heavy atom. The number of nitriles is 1. The highest BCUT2D eigenvalue weighted by Gasteiger charge is 2.22. The van der Waals surface area contributed by atoms with Gasteiger partial charge in [0.05, 0.1) is 17.2 Å². The van der Waals surface area contributed by atoms with E-state index in [1.165, 1.54) is 12.3 Å². The first-order valence-corrected chi connectivity index (χ1v) is 7.85. The third kappa shape index (κ3) is 3.70. The summed E-state index contributed by atoms with van der Waals surface area (Å²) < 4.78 is 0. The van der Waals surface area contributed by atoms with Gasteiger partial charge in [-0.25, -0.2) is 0 Å². The van der Waals surface area contributed by atoms with E-state index in [0.717, 1.165) is 25.2 Å². The number of H-pyrrole nitrogens is 1. The molecule has 1 fully saturated rings. The lowest BCUT2D eigenvalue weighted by Gasteiger charge is -2.34. The van der Waals surface area contributed by atoms with Crippen LogP contribution in [0.5, 0.6) is 0 Å². The van der Waals surface area contributed by atoms with E-state index in [2.05, 4.69) is 16.0 Å². The van der Waals surface area contributed by atoms with Gasteiger partial charge >= 0.3 is 0 Å². The van der Waals surface area contributed by atoms with Crippen LogP contribution < -0.4 is 5.56 Å². The van der Waals surface area contributed by atoms with Crippen LogP contribution in [0.1, 0.15) is 21.5 Å². The van der Waals surface area contributed by atoms with E-state index in [1.807, 2.05) is 29.2 Å². The molecule has 24 heavy (non-hydrogen) atoms. The predicted octanol–water partition coefficient (Wildman–Crippen LogP) is 1.20. The molecule has 6 heteroatoms. The van der Waals surface area contributed by atoms with Gasteiger partial charge in [0, 0.05) is 45.0 Å². The van der Waals surface area contributed by atoms with Crippen molar-refractivity contribution >= 4 is 5.91 Å². The highest BCUT2D eigenvalue weighted by Crippen LogP contribution is 2.11. The zero-order valence-corrected chi connectivity index (χ0v) is 13.2. The second-order valence-corrected chi connectivity index (χ2v) is 5.82. The number of nitrogens with one attached hydrogen (secondary N) is 1. The van der Waals surface area contributed by atoms with E-state index in [4.69, 9.17) is 5.26 Å². The third-order valence-corrected chi connectivity index (χ3v) is 4.18. The molecule has 2 aromatic rings. The molecule has 0 bridgehead atoms. The average Bonchev–Trinajstić information content (AvgIpc) is 2.63. The molecule has 6 nitrogen and oxygen atoms in total. The van der Waals surface area contributed by atoms with Crippen LogP contribution >= 0.6 is 0 Å². The largest absolute Gasteiger partial charge is 0.336 e. The lowest BCUT2D eigenvalue weighted by molar-refractivity contribution is 0.0628. The maximum Gasteiger partial charge on any atom is 0.255 e. The minimum absolute atomic E-state index is 0.0516. The molecular formula is C18H18N4O2. The molecule has 0 unspecified atom stereocenters. The van der Waals surface area contributed by atoms with Crippen LogP contribution in [0, 0.1) is 11.3 Å². The van der Waals surface area contributed by atoms with Crippen molar-refractivity contribution in [3.8, 4) is 6.07 Å². The van der Waals surface area contributed by atoms with Crippen molar-refractivity contribution in [2.75, 3.05) is 26.2 Å². The number of carbonyl (C=O) groups excluding carboxylic acids is 1. The summed E-state index contributed by atoms with van der Waals surface area (Å²) in [6.07, 6.45) is 1.47. The number of pyridine rings is 1. The van der Waals surface area contributed by atoms with Crippen molar-refractivity contribution in [1.29, 1.82) is 5.26 Å². The fourth-order valence-corrected chi connectivity index (χ4v) is 2.78. The van der Waals surface area contributed by atoms with E-state index < -0.39 is 0 Å². The van der Waals surface area contributed by atoms with Crippen molar-refractivity contribution in [2.45, 2.75) is 6.54 Å². The van der Waals surface area contributed by atoms with Crippen LogP contribution in [0.3, 0.4) is 0 Å². The van der Waals surface area contributed by atoms with Gasteiger partial charge in [-0.15, -0.1) is 0 Å². The lowest BCUT2D eigenvalue weighted by Crippen LogP contribution is -2.48. The Balaban J connectivity index is 1.55. The molecule has 0 aliphatic carbocycles. The molecule has 3 rings (SSSR count). The number of nitrogens with zero attached hydrogens (tertiary/aromatic N) is 3. The SMILES string of the molecule is N#Cc1ccc(CN2CCN(C(=O)c3ccc(=O)[nH]c3)CC2)cc1. The van der Waals surface area contributed by atoms with Crippen molar-refractivity contribution in [3.63, 3.8) is 0 Å². The molecule has 0 radical (unpaired) electrons. The summed E-state index contributed by atoms with van der Waals surface area (Å²) in [5.74, 6) is -0.0516. The van der Waals surface area contributed by atoms with Crippen LogP contribution in [-0.2, 0) is 6.54 Å². The molecule has 1 aliphatic rings. The van der Waals surface area contributed by atoms with Crippen LogP contribution in [0.15, 0.2) is 47.4 Å². The van der Waals surface area contributed by atoms with Gasteiger partial charge in [0.25, 0.3) is 5.91 Å². The summed E-state index contributed by atoms with van der Waals surface area (Å²) in [6.45, 7) is 3.74. The van der Waals surface area contributed by atoms with Crippen LogP contribution in [-0.4, -0.2) is 46.9 Å². The van der Waals surface area contributed by atoms with Gasteiger partial charge in [0.2, 0.25) is 5.56 Å². The van der Waals surface area contributed by atoms with E-state index in [0.29, 0.717) is 24.2 Å². The number of hydrogen-bond donors (Lipinski definition) is 1. The lowest BCUT2D eigenvalue weighted by atomic mass is 10.1. The molecule has 0 atom stereocenters. The molecule has 0 saturated carbocycles. The zero-order valence-electron chi connectivity index (χ0n) is 13.2. The van der Waals surface area contributed by atoms with Gasteiger partial charge in [-0.2, -0.15) is 5.26 Å². The fourth-order valence-electron chi connectivity index (χ4n) is 2.78. The molecule has 122 valence electrons. The standard InChI is InChI=1S/C18H18N4O2/c19-11-14-1-3-15(4-2-14)13-21-7-9-22(10-8-21)18(24)16-5-6-17(23)20-12-16/h1-6,12H,7-10,13H2,(H,20,23). The summed E-state index contributed by atoms with van der Waals surface area (Å²) in [5, 5.41) is 8.82. The number of hydrogen-bond acceptors (Lipinski definition) is 4. The van der Waals surface area contributed by atoms with Crippen LogP contribution in [0.25, 0.3) is 0 Å². The van der Waals surface area contributed by atoms with Crippen LogP contribution in [0.4, 0.5) is 0 Å². The second kappa shape index (κ2) is 7.11.